The molecule has 5 heteroatoms. The molecule has 5 nitrogen and oxygen atoms in total. The van der Waals surface area contributed by atoms with Gasteiger partial charge in [-0.1, -0.05) is 48.5 Å². The van der Waals surface area contributed by atoms with Gasteiger partial charge >= 0.3 is 12.0 Å². The van der Waals surface area contributed by atoms with Crippen LogP contribution in [0.4, 0.5) is 10.5 Å². The number of hydrogen-bond donors (Lipinski definition) is 2. The van der Waals surface area contributed by atoms with Crippen LogP contribution in [0.25, 0.3) is 0 Å². The van der Waals surface area contributed by atoms with Crippen LogP contribution in [-0.4, -0.2) is 29.7 Å². The van der Waals surface area contributed by atoms with Gasteiger partial charge in [0.15, 0.2) is 0 Å². The second-order valence-corrected chi connectivity index (χ2v) is 5.91. The summed E-state index contributed by atoms with van der Waals surface area (Å²) in [6.07, 6.45) is 2.07. The number of carbonyl (C=O) groups is 2. The van der Waals surface area contributed by atoms with E-state index in [-0.39, 0.29) is 12.5 Å². The summed E-state index contributed by atoms with van der Waals surface area (Å²) >= 11 is 0. The van der Waals surface area contributed by atoms with Crippen molar-refractivity contribution in [3.63, 3.8) is 0 Å². The van der Waals surface area contributed by atoms with Gasteiger partial charge in [0.05, 0.1) is 0 Å². The molecule has 1 aliphatic rings. The SMILES string of the molecule is O=C(O)C(Cc1ccccc1)NC(=O)N1CCCc2ccccc21. The Morgan fingerprint density at radius 1 is 1.08 bits per heavy atom. The molecule has 24 heavy (non-hydrogen) atoms. The molecule has 0 saturated carbocycles. The number of para-hydroxylation sites is 1. The summed E-state index contributed by atoms with van der Waals surface area (Å²) in [5.41, 5.74) is 2.86. The molecule has 2 aromatic carbocycles. The second-order valence-electron chi connectivity index (χ2n) is 5.91. The molecular formula is C19H20N2O3. The number of carboxylic acid groups (broad SMARTS) is 1. The zero-order valence-electron chi connectivity index (χ0n) is 13.3. The van der Waals surface area contributed by atoms with E-state index in [1.807, 2.05) is 54.6 Å². The average Bonchev–Trinajstić information content (AvgIpc) is 2.61. The van der Waals surface area contributed by atoms with Gasteiger partial charge < -0.3 is 10.4 Å². The number of urea groups is 1. The van der Waals surface area contributed by atoms with E-state index in [2.05, 4.69) is 5.32 Å². The van der Waals surface area contributed by atoms with Crippen LogP contribution in [0.2, 0.25) is 0 Å². The molecule has 0 radical (unpaired) electrons. The van der Waals surface area contributed by atoms with Gasteiger partial charge in [-0.05, 0) is 30.0 Å². The zero-order valence-corrected chi connectivity index (χ0v) is 13.3. The summed E-state index contributed by atoms with van der Waals surface area (Å²) in [7, 11) is 0. The van der Waals surface area contributed by atoms with Crippen molar-refractivity contribution in [3.05, 3.63) is 65.7 Å². The van der Waals surface area contributed by atoms with Crippen LogP contribution in [0.5, 0.6) is 0 Å². The number of amides is 2. The van der Waals surface area contributed by atoms with Gasteiger partial charge in [-0.3, -0.25) is 4.90 Å². The van der Waals surface area contributed by atoms with Crippen molar-refractivity contribution < 1.29 is 14.7 Å². The second kappa shape index (κ2) is 7.17. The third kappa shape index (κ3) is 3.56. The molecule has 1 unspecified atom stereocenters. The lowest BCUT2D eigenvalue weighted by molar-refractivity contribution is -0.139. The first-order valence-electron chi connectivity index (χ1n) is 8.08. The molecule has 2 N–H and O–H groups in total. The molecule has 3 rings (SSSR count). The van der Waals surface area contributed by atoms with Crippen LogP contribution in [0.15, 0.2) is 54.6 Å². The Hall–Kier alpha value is -2.82. The summed E-state index contributed by atoms with van der Waals surface area (Å²) < 4.78 is 0. The standard InChI is InChI=1S/C19H20N2O3/c22-18(23)16(13-14-7-2-1-3-8-14)20-19(24)21-12-6-10-15-9-4-5-11-17(15)21/h1-5,7-9,11,16H,6,10,12-13H2,(H,20,24)(H,22,23). The van der Waals surface area contributed by atoms with E-state index >= 15 is 0 Å². The number of aryl methyl sites for hydroxylation is 1. The first kappa shape index (κ1) is 16.1. The molecule has 0 saturated heterocycles. The molecule has 0 spiro atoms. The number of rotatable bonds is 4. The normalized spacial score (nSPS) is 14.6. The Morgan fingerprint density at radius 3 is 2.54 bits per heavy atom. The molecule has 1 heterocycles. The summed E-state index contributed by atoms with van der Waals surface area (Å²) in [5, 5.41) is 12.1. The number of nitrogens with zero attached hydrogens (tertiary/aromatic N) is 1. The number of aliphatic carboxylic acids is 1. The van der Waals surface area contributed by atoms with Crippen LogP contribution in [-0.2, 0) is 17.6 Å². The van der Waals surface area contributed by atoms with Crippen molar-refractivity contribution in [1.29, 1.82) is 0 Å². The largest absolute Gasteiger partial charge is 0.480 e. The predicted octanol–water partition coefficient (Wildman–Crippen LogP) is 2.84. The molecule has 0 aliphatic carbocycles. The Kier molecular flexibility index (Phi) is 4.79. The zero-order chi connectivity index (χ0) is 16.9. The topological polar surface area (TPSA) is 69.6 Å². The van der Waals surface area contributed by atoms with Crippen LogP contribution in [0.3, 0.4) is 0 Å². The lowest BCUT2D eigenvalue weighted by Gasteiger charge is -2.30. The van der Waals surface area contributed by atoms with Crippen LogP contribution < -0.4 is 10.2 Å². The van der Waals surface area contributed by atoms with E-state index in [9.17, 15) is 14.7 Å². The van der Waals surface area contributed by atoms with Crippen LogP contribution in [0.1, 0.15) is 17.5 Å². The van der Waals surface area contributed by atoms with Crippen molar-refractivity contribution in [2.24, 2.45) is 0 Å². The van der Waals surface area contributed by atoms with E-state index in [4.69, 9.17) is 0 Å². The van der Waals surface area contributed by atoms with Crippen molar-refractivity contribution in [1.82, 2.24) is 5.32 Å². The Labute approximate surface area is 140 Å². The van der Waals surface area contributed by atoms with Gasteiger partial charge in [-0.25, -0.2) is 9.59 Å². The van der Waals surface area contributed by atoms with Gasteiger partial charge in [0.25, 0.3) is 0 Å². The van der Waals surface area contributed by atoms with Crippen molar-refractivity contribution in [2.45, 2.75) is 25.3 Å². The minimum absolute atomic E-state index is 0.261. The lowest BCUT2D eigenvalue weighted by atomic mass is 10.0. The number of nitrogens with one attached hydrogen (secondary N) is 1. The van der Waals surface area contributed by atoms with E-state index in [1.54, 1.807) is 4.90 Å². The fraction of sp³-hybridized carbons (Fsp3) is 0.263. The number of fused-ring (bicyclic) bond motifs is 1. The third-order valence-electron chi connectivity index (χ3n) is 4.23. The first-order valence-corrected chi connectivity index (χ1v) is 8.08. The highest BCUT2D eigenvalue weighted by atomic mass is 16.4. The molecule has 1 atom stereocenters. The fourth-order valence-corrected chi connectivity index (χ4v) is 3.02. The smallest absolute Gasteiger partial charge is 0.326 e. The maximum atomic E-state index is 12.6. The quantitative estimate of drug-likeness (QED) is 0.908. The summed E-state index contributed by atoms with van der Waals surface area (Å²) in [6.45, 7) is 0.598. The van der Waals surface area contributed by atoms with Crippen molar-refractivity contribution in [2.75, 3.05) is 11.4 Å². The summed E-state index contributed by atoms with van der Waals surface area (Å²) in [5.74, 6) is -1.03. The average molecular weight is 324 g/mol. The summed E-state index contributed by atoms with van der Waals surface area (Å²) in [4.78, 5) is 25.8. The van der Waals surface area contributed by atoms with Gasteiger partial charge in [-0.15, -0.1) is 0 Å². The maximum Gasteiger partial charge on any atom is 0.326 e. The number of anilines is 1. The third-order valence-corrected chi connectivity index (χ3v) is 4.23. The van der Waals surface area contributed by atoms with E-state index in [0.29, 0.717) is 6.54 Å². The fourth-order valence-electron chi connectivity index (χ4n) is 3.02. The minimum atomic E-state index is -1.03. The molecular weight excluding hydrogens is 304 g/mol. The molecule has 2 amide bonds. The minimum Gasteiger partial charge on any atom is -0.480 e. The number of carboxylic acids is 1. The van der Waals surface area contributed by atoms with Gasteiger partial charge in [0.2, 0.25) is 0 Å². The van der Waals surface area contributed by atoms with Crippen LogP contribution >= 0.6 is 0 Å². The molecule has 0 bridgehead atoms. The molecule has 2 aromatic rings. The van der Waals surface area contributed by atoms with E-state index in [1.165, 1.54) is 0 Å². The molecule has 1 aliphatic heterocycles. The Bertz CT molecular complexity index is 730. The van der Waals surface area contributed by atoms with Crippen molar-refractivity contribution in [3.8, 4) is 0 Å². The first-order chi connectivity index (χ1) is 11.6. The van der Waals surface area contributed by atoms with Gasteiger partial charge in [0, 0.05) is 18.7 Å². The van der Waals surface area contributed by atoms with Gasteiger partial charge in [-0.2, -0.15) is 0 Å². The highest BCUT2D eigenvalue weighted by Crippen LogP contribution is 2.26. The highest BCUT2D eigenvalue weighted by Gasteiger charge is 2.26. The number of hydrogen-bond acceptors (Lipinski definition) is 2. The van der Waals surface area contributed by atoms with Gasteiger partial charge in [0.1, 0.15) is 6.04 Å². The summed E-state index contributed by atoms with van der Waals surface area (Å²) in [6, 6.07) is 15.8. The Morgan fingerprint density at radius 2 is 1.79 bits per heavy atom. The number of carbonyl (C=O) groups excluding carboxylic acids is 1. The van der Waals surface area contributed by atoms with E-state index < -0.39 is 12.0 Å². The van der Waals surface area contributed by atoms with Crippen molar-refractivity contribution >= 4 is 17.7 Å². The number of benzene rings is 2. The molecule has 0 aromatic heterocycles. The lowest BCUT2D eigenvalue weighted by Crippen LogP contribution is -2.50. The van der Waals surface area contributed by atoms with Crippen LogP contribution in [0, 0.1) is 0 Å². The Balaban J connectivity index is 1.74. The van der Waals surface area contributed by atoms with E-state index in [0.717, 1.165) is 29.7 Å². The maximum absolute atomic E-state index is 12.6. The molecule has 124 valence electrons. The predicted molar refractivity (Wildman–Crippen MR) is 92.2 cm³/mol. The molecule has 0 fully saturated rings. The highest BCUT2D eigenvalue weighted by molar-refractivity contribution is 5.95. The monoisotopic (exact) mass is 324 g/mol.